The molecule has 1 aliphatic heterocycles. The van der Waals surface area contributed by atoms with Crippen LogP contribution in [0, 0.1) is 0 Å². The van der Waals surface area contributed by atoms with Gasteiger partial charge in [-0.25, -0.2) is 0 Å². The number of hydrogen-bond acceptors (Lipinski definition) is 5. The zero-order chi connectivity index (χ0) is 19.1. The van der Waals surface area contributed by atoms with Crippen molar-refractivity contribution in [1.82, 2.24) is 9.80 Å². The summed E-state index contributed by atoms with van der Waals surface area (Å²) >= 11 is 1.51. The monoisotopic (exact) mass is 387 g/mol. The molecule has 146 valence electrons. The van der Waals surface area contributed by atoms with Crippen molar-refractivity contribution in [2.45, 2.75) is 13.0 Å². The summed E-state index contributed by atoms with van der Waals surface area (Å²) in [5, 5.41) is 1.96. The van der Waals surface area contributed by atoms with Gasteiger partial charge in [-0.3, -0.25) is 9.69 Å². The Bertz CT molecular complexity index is 695. The van der Waals surface area contributed by atoms with Gasteiger partial charge in [0.15, 0.2) is 0 Å². The van der Waals surface area contributed by atoms with Gasteiger partial charge in [-0.05, 0) is 35.6 Å². The molecular formula is C21H29N3O2S. The van der Waals surface area contributed by atoms with Gasteiger partial charge in [0.2, 0.25) is 0 Å². The summed E-state index contributed by atoms with van der Waals surface area (Å²) in [6.07, 6.45) is 0.979. The number of ether oxygens (including phenoxy) is 1. The minimum absolute atomic E-state index is 0.128. The summed E-state index contributed by atoms with van der Waals surface area (Å²) < 4.78 is 5.41. The second-order valence-electron chi connectivity index (χ2n) is 7.07. The lowest BCUT2D eigenvalue weighted by atomic mass is 10.1. The molecule has 2 aromatic rings. The molecule has 0 spiro atoms. The highest BCUT2D eigenvalue weighted by atomic mass is 32.1. The Morgan fingerprint density at radius 1 is 1.15 bits per heavy atom. The molecule has 1 aromatic carbocycles. The van der Waals surface area contributed by atoms with Gasteiger partial charge in [0.25, 0.3) is 5.91 Å². The number of thiophene rings is 1. The van der Waals surface area contributed by atoms with Crippen LogP contribution in [0.3, 0.4) is 0 Å². The van der Waals surface area contributed by atoms with E-state index in [1.165, 1.54) is 17.0 Å². The zero-order valence-electron chi connectivity index (χ0n) is 16.3. The van der Waals surface area contributed by atoms with Crippen molar-refractivity contribution < 1.29 is 9.53 Å². The van der Waals surface area contributed by atoms with Crippen molar-refractivity contribution in [3.8, 4) is 0 Å². The van der Waals surface area contributed by atoms with E-state index in [-0.39, 0.29) is 5.91 Å². The second-order valence-corrected chi connectivity index (χ2v) is 8.02. The molecule has 1 aliphatic rings. The number of rotatable bonds is 8. The van der Waals surface area contributed by atoms with Crippen LogP contribution in [0.5, 0.6) is 0 Å². The number of anilines is 1. The summed E-state index contributed by atoms with van der Waals surface area (Å²) in [5.41, 5.74) is 2.33. The molecule has 3 rings (SSSR count). The Kier molecular flexibility index (Phi) is 7.26. The van der Waals surface area contributed by atoms with Crippen LogP contribution in [0.1, 0.15) is 21.7 Å². The first-order valence-corrected chi connectivity index (χ1v) is 10.4. The molecule has 1 fully saturated rings. The maximum absolute atomic E-state index is 13.0. The molecule has 0 N–H and O–H groups in total. The highest BCUT2D eigenvalue weighted by Crippen LogP contribution is 2.17. The summed E-state index contributed by atoms with van der Waals surface area (Å²) in [7, 11) is 4.07. The molecule has 2 heterocycles. The number of hydrogen-bond donors (Lipinski definition) is 0. The number of nitrogens with zero attached hydrogens (tertiary/aromatic N) is 3. The van der Waals surface area contributed by atoms with Crippen LogP contribution in [0.25, 0.3) is 0 Å². The minimum atomic E-state index is 0.128. The Labute approximate surface area is 166 Å². The predicted octanol–water partition coefficient (Wildman–Crippen LogP) is 3.18. The fraction of sp³-hybridized carbons (Fsp3) is 0.476. The highest BCUT2D eigenvalue weighted by molar-refractivity contribution is 7.12. The lowest BCUT2D eigenvalue weighted by molar-refractivity contribution is 0.0356. The number of morpholine rings is 1. The lowest BCUT2D eigenvalue weighted by Gasteiger charge is -2.28. The fourth-order valence-electron chi connectivity index (χ4n) is 3.24. The minimum Gasteiger partial charge on any atom is -0.379 e. The van der Waals surface area contributed by atoms with Gasteiger partial charge >= 0.3 is 0 Å². The van der Waals surface area contributed by atoms with Crippen LogP contribution in [0.2, 0.25) is 0 Å². The van der Waals surface area contributed by atoms with Crippen LogP contribution in [-0.4, -0.2) is 69.2 Å². The lowest BCUT2D eigenvalue weighted by Crippen LogP contribution is -2.39. The SMILES string of the molecule is CN(C)c1ccc(CN(CCCN2CCOCC2)C(=O)c2cccs2)cc1. The average molecular weight is 388 g/mol. The van der Waals surface area contributed by atoms with Gasteiger partial charge in [-0.15, -0.1) is 11.3 Å². The second kappa shape index (κ2) is 9.88. The molecular weight excluding hydrogens is 358 g/mol. The molecule has 0 aliphatic carbocycles. The quantitative estimate of drug-likeness (QED) is 0.697. The smallest absolute Gasteiger partial charge is 0.264 e. The fourth-order valence-corrected chi connectivity index (χ4v) is 3.93. The van der Waals surface area contributed by atoms with Crippen LogP contribution >= 0.6 is 11.3 Å². The third kappa shape index (κ3) is 5.79. The molecule has 27 heavy (non-hydrogen) atoms. The summed E-state index contributed by atoms with van der Waals surface area (Å²) in [5.74, 6) is 0.128. The van der Waals surface area contributed by atoms with Crippen LogP contribution < -0.4 is 4.90 Å². The molecule has 1 aromatic heterocycles. The Morgan fingerprint density at radius 3 is 2.52 bits per heavy atom. The van der Waals surface area contributed by atoms with Gasteiger partial charge in [-0.1, -0.05) is 18.2 Å². The maximum Gasteiger partial charge on any atom is 0.264 e. The van der Waals surface area contributed by atoms with E-state index in [0.29, 0.717) is 6.54 Å². The standard InChI is InChI=1S/C21H29N3O2S/c1-22(2)19-8-6-18(7-9-19)17-24(21(25)20-5-3-16-27-20)11-4-10-23-12-14-26-15-13-23/h3,5-9,16H,4,10-15,17H2,1-2H3. The first-order valence-electron chi connectivity index (χ1n) is 9.52. The van der Waals surface area contributed by atoms with Crippen LogP contribution in [0.4, 0.5) is 5.69 Å². The first-order chi connectivity index (χ1) is 13.1. The van der Waals surface area contributed by atoms with Crippen LogP contribution in [0.15, 0.2) is 41.8 Å². The Morgan fingerprint density at radius 2 is 1.89 bits per heavy atom. The molecule has 6 heteroatoms. The van der Waals surface area contributed by atoms with Crippen LogP contribution in [-0.2, 0) is 11.3 Å². The highest BCUT2D eigenvalue weighted by Gasteiger charge is 2.18. The molecule has 5 nitrogen and oxygen atoms in total. The normalized spacial score (nSPS) is 14.9. The molecule has 1 saturated heterocycles. The van der Waals surface area contributed by atoms with E-state index < -0.39 is 0 Å². The van der Waals surface area contributed by atoms with Crippen molar-refractivity contribution >= 4 is 22.9 Å². The van der Waals surface area contributed by atoms with Gasteiger partial charge in [0.05, 0.1) is 18.1 Å². The Hall–Kier alpha value is -1.89. The molecule has 0 bridgehead atoms. The Balaban J connectivity index is 1.62. The summed E-state index contributed by atoms with van der Waals surface area (Å²) in [6.45, 7) is 6.04. The van der Waals surface area contributed by atoms with E-state index in [0.717, 1.165) is 56.3 Å². The third-order valence-electron chi connectivity index (χ3n) is 4.85. The van der Waals surface area contributed by atoms with E-state index in [2.05, 4.69) is 34.1 Å². The van der Waals surface area contributed by atoms with E-state index >= 15 is 0 Å². The molecule has 1 amide bonds. The number of carbonyl (C=O) groups excluding carboxylic acids is 1. The van der Waals surface area contributed by atoms with E-state index in [4.69, 9.17) is 4.74 Å². The topological polar surface area (TPSA) is 36.0 Å². The first kappa shape index (κ1) is 19.9. The van der Waals surface area contributed by atoms with Crippen molar-refractivity contribution in [2.75, 3.05) is 58.4 Å². The summed E-state index contributed by atoms with van der Waals surface area (Å²) in [6, 6.07) is 12.3. The number of benzene rings is 1. The van der Waals surface area contributed by atoms with Gasteiger partial charge < -0.3 is 14.5 Å². The molecule has 0 radical (unpaired) electrons. The zero-order valence-corrected chi connectivity index (χ0v) is 17.1. The predicted molar refractivity (Wildman–Crippen MR) is 112 cm³/mol. The van der Waals surface area contributed by atoms with Gasteiger partial charge in [0.1, 0.15) is 0 Å². The largest absolute Gasteiger partial charge is 0.379 e. The summed E-state index contributed by atoms with van der Waals surface area (Å²) in [4.78, 5) is 20.3. The van der Waals surface area contributed by atoms with Gasteiger partial charge in [0, 0.05) is 52.5 Å². The van der Waals surface area contributed by atoms with Crippen molar-refractivity contribution in [3.63, 3.8) is 0 Å². The number of amides is 1. The maximum atomic E-state index is 13.0. The number of carbonyl (C=O) groups is 1. The van der Waals surface area contributed by atoms with E-state index in [9.17, 15) is 4.79 Å². The van der Waals surface area contributed by atoms with E-state index in [1.54, 1.807) is 0 Å². The van der Waals surface area contributed by atoms with Crippen molar-refractivity contribution in [3.05, 3.63) is 52.2 Å². The van der Waals surface area contributed by atoms with Crippen molar-refractivity contribution in [2.24, 2.45) is 0 Å². The molecule has 0 unspecified atom stereocenters. The molecule has 0 atom stereocenters. The van der Waals surface area contributed by atoms with E-state index in [1.807, 2.05) is 36.5 Å². The average Bonchev–Trinajstić information content (AvgIpc) is 3.23. The van der Waals surface area contributed by atoms with Crippen molar-refractivity contribution in [1.29, 1.82) is 0 Å². The molecule has 0 saturated carbocycles. The third-order valence-corrected chi connectivity index (χ3v) is 5.71. The van der Waals surface area contributed by atoms with Gasteiger partial charge in [-0.2, -0.15) is 0 Å².